The summed E-state index contributed by atoms with van der Waals surface area (Å²) >= 11 is 1.31. The maximum atomic E-state index is 10.9. The molecular formula is C7H10N2O3S2. The van der Waals surface area contributed by atoms with Gasteiger partial charge in [-0.25, -0.2) is 9.19 Å². The van der Waals surface area contributed by atoms with E-state index in [4.69, 9.17) is 0 Å². The predicted molar refractivity (Wildman–Crippen MR) is 55.5 cm³/mol. The lowest BCUT2D eigenvalue weighted by molar-refractivity contribution is -0.139. The van der Waals surface area contributed by atoms with Crippen LogP contribution in [0.25, 0.3) is 0 Å². The van der Waals surface area contributed by atoms with E-state index in [0.717, 1.165) is 0 Å². The van der Waals surface area contributed by atoms with Gasteiger partial charge in [0, 0.05) is 11.6 Å². The molecule has 1 aromatic rings. The Morgan fingerprint density at radius 3 is 3.07 bits per heavy atom. The molecule has 14 heavy (non-hydrogen) atoms. The van der Waals surface area contributed by atoms with E-state index in [1.54, 1.807) is 5.38 Å². The van der Waals surface area contributed by atoms with Gasteiger partial charge in [0.2, 0.25) is 0 Å². The monoisotopic (exact) mass is 234 g/mol. The predicted octanol–water partition coefficient (Wildman–Crippen LogP) is 0.564. The molecule has 1 aromatic heterocycles. The molecule has 0 amide bonds. The molecule has 0 saturated heterocycles. The molecule has 5 nitrogen and oxygen atoms in total. The van der Waals surface area contributed by atoms with Crippen LogP contribution < -0.4 is 4.72 Å². The van der Waals surface area contributed by atoms with E-state index in [2.05, 4.69) is 14.4 Å². The van der Waals surface area contributed by atoms with Gasteiger partial charge in [0.25, 0.3) is 0 Å². The van der Waals surface area contributed by atoms with Crippen molar-refractivity contribution in [3.63, 3.8) is 0 Å². The third-order valence-corrected chi connectivity index (χ3v) is 2.75. The number of nitrogens with one attached hydrogen (secondary N) is 1. The van der Waals surface area contributed by atoms with Crippen molar-refractivity contribution in [1.82, 2.24) is 4.98 Å². The van der Waals surface area contributed by atoms with Gasteiger partial charge in [-0.3, -0.25) is 9.52 Å². The van der Waals surface area contributed by atoms with Crippen molar-refractivity contribution >= 4 is 33.4 Å². The van der Waals surface area contributed by atoms with Gasteiger partial charge in [-0.1, -0.05) is 0 Å². The highest BCUT2D eigenvalue weighted by atomic mass is 32.2. The number of nitrogens with zero attached hydrogens (tertiary/aromatic N) is 1. The van der Waals surface area contributed by atoms with Gasteiger partial charge >= 0.3 is 5.97 Å². The number of aromatic nitrogens is 1. The lowest BCUT2D eigenvalue weighted by atomic mass is 10.3. The Hall–Kier alpha value is -0.950. The average Bonchev–Trinajstić information content (AvgIpc) is 2.51. The third kappa shape index (κ3) is 3.43. The van der Waals surface area contributed by atoms with Crippen molar-refractivity contribution in [1.29, 1.82) is 0 Å². The first-order valence-corrected chi connectivity index (χ1v) is 6.17. The summed E-state index contributed by atoms with van der Waals surface area (Å²) in [6.45, 7) is 0. The topological polar surface area (TPSA) is 68.3 Å². The van der Waals surface area contributed by atoms with Gasteiger partial charge in [0.05, 0.1) is 19.2 Å². The average molecular weight is 234 g/mol. The Bertz CT molecular complexity index is 350. The number of thiazole rings is 1. The summed E-state index contributed by atoms with van der Waals surface area (Å²) in [5, 5.41) is 2.27. The highest BCUT2D eigenvalue weighted by Crippen LogP contribution is 2.16. The highest BCUT2D eigenvalue weighted by Gasteiger charge is 2.07. The van der Waals surface area contributed by atoms with Gasteiger partial charge in [0.1, 0.15) is 11.0 Å². The number of methoxy groups -OCH3 is 1. The van der Waals surface area contributed by atoms with Crippen molar-refractivity contribution in [2.45, 2.75) is 6.42 Å². The molecule has 0 spiro atoms. The van der Waals surface area contributed by atoms with Crippen molar-refractivity contribution < 1.29 is 13.7 Å². The van der Waals surface area contributed by atoms with Crippen LogP contribution in [0.15, 0.2) is 5.38 Å². The Morgan fingerprint density at radius 1 is 1.79 bits per heavy atom. The Balaban J connectivity index is 2.59. The minimum absolute atomic E-state index is 0.144. The molecule has 1 atom stereocenters. The molecule has 0 radical (unpaired) electrons. The second-order valence-corrected chi connectivity index (χ2v) is 4.42. The van der Waals surface area contributed by atoms with Crippen molar-refractivity contribution in [2.24, 2.45) is 0 Å². The summed E-state index contributed by atoms with van der Waals surface area (Å²) < 4.78 is 17.9. The maximum absolute atomic E-state index is 10.9. The van der Waals surface area contributed by atoms with E-state index in [1.807, 2.05) is 0 Å². The molecule has 78 valence electrons. The summed E-state index contributed by atoms with van der Waals surface area (Å²) in [5.41, 5.74) is 0.620. The summed E-state index contributed by atoms with van der Waals surface area (Å²) in [4.78, 5) is 14.9. The smallest absolute Gasteiger partial charge is 0.311 e. The molecule has 0 aliphatic rings. The summed E-state index contributed by atoms with van der Waals surface area (Å²) in [5.74, 6) is -0.334. The molecule has 1 unspecified atom stereocenters. The number of carbonyl (C=O) groups is 1. The number of ether oxygens (including phenoxy) is 1. The summed E-state index contributed by atoms with van der Waals surface area (Å²) in [7, 11) is 0.192. The van der Waals surface area contributed by atoms with E-state index in [-0.39, 0.29) is 12.4 Å². The van der Waals surface area contributed by atoms with Crippen LogP contribution in [0.1, 0.15) is 5.69 Å². The summed E-state index contributed by atoms with van der Waals surface area (Å²) in [6.07, 6.45) is 1.66. The molecule has 0 aromatic carbocycles. The summed E-state index contributed by atoms with van der Waals surface area (Å²) in [6, 6.07) is 0. The van der Waals surface area contributed by atoms with Gasteiger partial charge in [-0.2, -0.15) is 0 Å². The lowest BCUT2D eigenvalue weighted by Gasteiger charge is -1.95. The molecule has 1 rings (SSSR count). The lowest BCUT2D eigenvalue weighted by Crippen LogP contribution is -2.05. The van der Waals surface area contributed by atoms with Crippen molar-refractivity contribution in [3.8, 4) is 0 Å². The van der Waals surface area contributed by atoms with Crippen molar-refractivity contribution in [3.05, 3.63) is 11.1 Å². The number of carbonyl (C=O) groups excluding carboxylic acids is 1. The first-order chi connectivity index (χ1) is 6.61. The molecule has 1 N–H and O–H groups in total. The van der Waals surface area contributed by atoms with E-state index in [1.165, 1.54) is 24.7 Å². The van der Waals surface area contributed by atoms with Crippen LogP contribution >= 0.6 is 11.3 Å². The molecule has 0 aliphatic heterocycles. The molecular weight excluding hydrogens is 224 g/mol. The SMILES string of the molecule is COC(=O)Cc1csc(NS(C)=O)n1. The number of hydrogen-bond donors (Lipinski definition) is 1. The fourth-order valence-electron chi connectivity index (χ4n) is 0.778. The number of hydrogen-bond acceptors (Lipinski definition) is 5. The molecule has 1 heterocycles. The van der Waals surface area contributed by atoms with Crippen LogP contribution in [0.4, 0.5) is 5.13 Å². The maximum Gasteiger partial charge on any atom is 0.311 e. The van der Waals surface area contributed by atoms with Gasteiger partial charge in [-0.15, -0.1) is 11.3 Å². The normalized spacial score (nSPS) is 12.1. The molecule has 7 heteroatoms. The van der Waals surface area contributed by atoms with Gasteiger partial charge < -0.3 is 4.74 Å². The molecule has 0 bridgehead atoms. The quantitative estimate of drug-likeness (QED) is 0.773. The third-order valence-electron chi connectivity index (χ3n) is 1.34. The standard InChI is InChI=1S/C7H10N2O3S2/c1-12-6(10)3-5-4-13-7(8-5)9-14(2)11/h4H,3H2,1-2H3,(H,8,9). The Kier molecular flexibility index (Phi) is 4.02. The largest absolute Gasteiger partial charge is 0.469 e. The fourth-order valence-corrected chi connectivity index (χ4v) is 2.17. The van der Waals surface area contributed by atoms with E-state index >= 15 is 0 Å². The van der Waals surface area contributed by atoms with E-state index in [9.17, 15) is 9.00 Å². The molecule has 0 aliphatic carbocycles. The second-order valence-electron chi connectivity index (χ2n) is 2.45. The first kappa shape index (κ1) is 11.1. The number of rotatable bonds is 4. The van der Waals surface area contributed by atoms with Crippen LogP contribution in [0.5, 0.6) is 0 Å². The Morgan fingerprint density at radius 2 is 2.50 bits per heavy atom. The van der Waals surface area contributed by atoms with Crippen LogP contribution in [0, 0.1) is 0 Å². The van der Waals surface area contributed by atoms with Gasteiger partial charge in [0.15, 0.2) is 5.13 Å². The van der Waals surface area contributed by atoms with E-state index in [0.29, 0.717) is 10.8 Å². The van der Waals surface area contributed by atoms with Gasteiger partial charge in [-0.05, 0) is 0 Å². The van der Waals surface area contributed by atoms with Crippen LogP contribution in [0.2, 0.25) is 0 Å². The van der Waals surface area contributed by atoms with E-state index < -0.39 is 11.0 Å². The Labute approximate surface area is 88.1 Å². The minimum Gasteiger partial charge on any atom is -0.469 e. The van der Waals surface area contributed by atoms with Crippen LogP contribution in [-0.4, -0.2) is 28.5 Å². The molecule has 0 fully saturated rings. The zero-order chi connectivity index (χ0) is 10.6. The molecule has 0 saturated carbocycles. The fraction of sp³-hybridized carbons (Fsp3) is 0.429. The minimum atomic E-state index is -1.14. The zero-order valence-electron chi connectivity index (χ0n) is 7.77. The van der Waals surface area contributed by atoms with Crippen molar-refractivity contribution in [2.75, 3.05) is 18.1 Å². The highest BCUT2D eigenvalue weighted by molar-refractivity contribution is 7.85. The first-order valence-electron chi connectivity index (χ1n) is 3.73. The zero-order valence-corrected chi connectivity index (χ0v) is 9.41. The van der Waals surface area contributed by atoms with Crippen LogP contribution in [-0.2, 0) is 26.9 Å². The second kappa shape index (κ2) is 5.06. The number of esters is 1. The van der Waals surface area contributed by atoms with Crippen LogP contribution in [0.3, 0.4) is 0 Å². The number of anilines is 1.